The predicted octanol–water partition coefficient (Wildman–Crippen LogP) is 4.71. The van der Waals surface area contributed by atoms with Crippen molar-refractivity contribution in [2.24, 2.45) is 0 Å². The van der Waals surface area contributed by atoms with E-state index in [1.165, 1.54) is 13.2 Å². The second-order valence-corrected chi connectivity index (χ2v) is 5.96. The fourth-order valence-corrected chi connectivity index (χ4v) is 2.71. The standard InChI is InChI=1S/C18H13Cl2N3O2/c1-25-17-8-7-16(22-23-17)11-3-2-4-13(9-11)21-18(24)14-6-5-12(19)10-15(14)20/h2-10H,1H3,(H,21,24). The molecule has 0 spiro atoms. The van der Waals surface area contributed by atoms with Crippen LogP contribution in [0.15, 0.2) is 54.6 Å². The Bertz CT molecular complexity index is 914. The zero-order valence-electron chi connectivity index (χ0n) is 13.2. The molecule has 2 aromatic carbocycles. The van der Waals surface area contributed by atoms with E-state index in [4.69, 9.17) is 27.9 Å². The number of halogens is 2. The first-order chi connectivity index (χ1) is 12.1. The first kappa shape index (κ1) is 17.2. The predicted molar refractivity (Wildman–Crippen MR) is 98.4 cm³/mol. The summed E-state index contributed by atoms with van der Waals surface area (Å²) in [4.78, 5) is 12.4. The third-order valence-electron chi connectivity index (χ3n) is 3.44. The van der Waals surface area contributed by atoms with Gasteiger partial charge in [0.05, 0.1) is 23.4 Å². The Morgan fingerprint density at radius 3 is 2.56 bits per heavy atom. The fraction of sp³-hybridized carbons (Fsp3) is 0.0556. The molecule has 0 fully saturated rings. The van der Waals surface area contributed by atoms with Crippen molar-refractivity contribution in [3.05, 3.63) is 70.2 Å². The number of carbonyl (C=O) groups is 1. The Morgan fingerprint density at radius 2 is 1.88 bits per heavy atom. The molecule has 0 saturated carbocycles. The Morgan fingerprint density at radius 1 is 1.04 bits per heavy atom. The van der Waals surface area contributed by atoms with Crippen molar-refractivity contribution in [2.75, 3.05) is 12.4 Å². The van der Waals surface area contributed by atoms with Crippen molar-refractivity contribution >= 4 is 34.8 Å². The van der Waals surface area contributed by atoms with Gasteiger partial charge in [0, 0.05) is 22.3 Å². The van der Waals surface area contributed by atoms with Gasteiger partial charge in [-0.25, -0.2) is 0 Å². The monoisotopic (exact) mass is 373 g/mol. The summed E-state index contributed by atoms with van der Waals surface area (Å²) in [5, 5.41) is 11.6. The molecule has 1 amide bonds. The Balaban J connectivity index is 1.82. The summed E-state index contributed by atoms with van der Waals surface area (Å²) >= 11 is 11.9. The second kappa shape index (κ2) is 7.51. The van der Waals surface area contributed by atoms with Crippen molar-refractivity contribution in [1.82, 2.24) is 10.2 Å². The molecule has 126 valence electrons. The zero-order valence-corrected chi connectivity index (χ0v) is 14.7. The van der Waals surface area contributed by atoms with Gasteiger partial charge in [-0.3, -0.25) is 4.79 Å². The SMILES string of the molecule is COc1ccc(-c2cccc(NC(=O)c3ccc(Cl)cc3Cl)c2)nn1. The quantitative estimate of drug-likeness (QED) is 0.718. The minimum Gasteiger partial charge on any atom is -0.480 e. The molecule has 5 nitrogen and oxygen atoms in total. The molecular formula is C18H13Cl2N3O2. The van der Waals surface area contributed by atoms with Crippen LogP contribution in [0.2, 0.25) is 10.0 Å². The third kappa shape index (κ3) is 4.07. The van der Waals surface area contributed by atoms with Crippen molar-refractivity contribution < 1.29 is 9.53 Å². The number of amides is 1. The van der Waals surface area contributed by atoms with Gasteiger partial charge in [0.25, 0.3) is 5.91 Å². The summed E-state index contributed by atoms with van der Waals surface area (Å²) < 4.78 is 5.00. The van der Waals surface area contributed by atoms with Crippen LogP contribution in [0, 0.1) is 0 Å². The molecule has 1 aromatic heterocycles. The fourth-order valence-electron chi connectivity index (χ4n) is 2.21. The highest BCUT2D eigenvalue weighted by atomic mass is 35.5. The maximum Gasteiger partial charge on any atom is 0.257 e. The molecule has 25 heavy (non-hydrogen) atoms. The average molecular weight is 374 g/mol. The van der Waals surface area contributed by atoms with Gasteiger partial charge in [-0.1, -0.05) is 35.3 Å². The first-order valence-electron chi connectivity index (χ1n) is 7.31. The van der Waals surface area contributed by atoms with E-state index in [0.29, 0.717) is 32.9 Å². The molecule has 7 heteroatoms. The van der Waals surface area contributed by atoms with Crippen LogP contribution in [-0.4, -0.2) is 23.2 Å². The maximum absolute atomic E-state index is 12.4. The highest BCUT2D eigenvalue weighted by Crippen LogP contribution is 2.24. The summed E-state index contributed by atoms with van der Waals surface area (Å²) in [6.07, 6.45) is 0. The van der Waals surface area contributed by atoms with Crippen LogP contribution in [-0.2, 0) is 0 Å². The lowest BCUT2D eigenvalue weighted by molar-refractivity contribution is 0.102. The van der Waals surface area contributed by atoms with Gasteiger partial charge in [0.1, 0.15) is 0 Å². The molecule has 0 unspecified atom stereocenters. The molecule has 0 bridgehead atoms. The average Bonchev–Trinajstić information content (AvgIpc) is 2.62. The van der Waals surface area contributed by atoms with Gasteiger partial charge in [-0.15, -0.1) is 10.2 Å². The smallest absolute Gasteiger partial charge is 0.257 e. The Kier molecular flexibility index (Phi) is 5.16. The minimum absolute atomic E-state index is 0.294. The number of methoxy groups -OCH3 is 1. The van der Waals surface area contributed by atoms with Crippen LogP contribution >= 0.6 is 23.2 Å². The number of nitrogens with zero attached hydrogens (tertiary/aromatic N) is 2. The molecule has 0 radical (unpaired) electrons. The molecule has 0 saturated heterocycles. The number of rotatable bonds is 4. The molecule has 0 aliphatic rings. The highest BCUT2D eigenvalue weighted by Gasteiger charge is 2.11. The number of benzene rings is 2. The Labute approximate surface area is 154 Å². The van der Waals surface area contributed by atoms with E-state index in [1.807, 2.05) is 12.1 Å². The highest BCUT2D eigenvalue weighted by molar-refractivity contribution is 6.37. The number of anilines is 1. The lowest BCUT2D eigenvalue weighted by Crippen LogP contribution is -2.12. The maximum atomic E-state index is 12.4. The third-order valence-corrected chi connectivity index (χ3v) is 3.99. The molecular weight excluding hydrogens is 361 g/mol. The summed E-state index contributed by atoms with van der Waals surface area (Å²) in [7, 11) is 1.53. The van der Waals surface area contributed by atoms with Crippen LogP contribution < -0.4 is 10.1 Å². The van der Waals surface area contributed by atoms with Gasteiger partial charge < -0.3 is 10.1 Å². The van der Waals surface area contributed by atoms with Crippen molar-refractivity contribution in [2.45, 2.75) is 0 Å². The van der Waals surface area contributed by atoms with Gasteiger partial charge in [0.15, 0.2) is 0 Å². The van der Waals surface area contributed by atoms with Crippen LogP contribution in [0.4, 0.5) is 5.69 Å². The number of hydrogen-bond donors (Lipinski definition) is 1. The Hall–Kier alpha value is -2.63. The van der Waals surface area contributed by atoms with Crippen LogP contribution in [0.1, 0.15) is 10.4 Å². The van der Waals surface area contributed by atoms with Crippen molar-refractivity contribution in [3.8, 4) is 17.1 Å². The number of aromatic nitrogens is 2. The summed E-state index contributed by atoms with van der Waals surface area (Å²) in [6, 6.07) is 15.5. The normalized spacial score (nSPS) is 10.4. The zero-order chi connectivity index (χ0) is 17.8. The molecule has 3 aromatic rings. The van der Waals surface area contributed by atoms with Crippen LogP contribution in [0.3, 0.4) is 0 Å². The largest absolute Gasteiger partial charge is 0.480 e. The summed E-state index contributed by atoms with van der Waals surface area (Å²) in [6.45, 7) is 0. The number of hydrogen-bond acceptors (Lipinski definition) is 4. The number of carbonyl (C=O) groups excluding carboxylic acids is 1. The lowest BCUT2D eigenvalue weighted by atomic mass is 10.1. The van der Waals surface area contributed by atoms with Gasteiger partial charge >= 0.3 is 0 Å². The number of ether oxygens (including phenoxy) is 1. The van der Waals surface area contributed by atoms with Crippen LogP contribution in [0.5, 0.6) is 5.88 Å². The minimum atomic E-state index is -0.320. The molecule has 3 rings (SSSR count). The van der Waals surface area contributed by atoms with E-state index in [1.54, 1.807) is 36.4 Å². The van der Waals surface area contributed by atoms with E-state index < -0.39 is 0 Å². The van der Waals surface area contributed by atoms with Gasteiger partial charge in [-0.05, 0) is 36.4 Å². The molecule has 0 atom stereocenters. The van der Waals surface area contributed by atoms with E-state index in [0.717, 1.165) is 5.56 Å². The summed E-state index contributed by atoms with van der Waals surface area (Å²) in [5.74, 6) is 0.116. The topological polar surface area (TPSA) is 64.1 Å². The van der Waals surface area contributed by atoms with Crippen LogP contribution in [0.25, 0.3) is 11.3 Å². The van der Waals surface area contributed by atoms with Crippen molar-refractivity contribution in [1.29, 1.82) is 0 Å². The van der Waals surface area contributed by atoms with E-state index in [-0.39, 0.29) is 5.91 Å². The lowest BCUT2D eigenvalue weighted by Gasteiger charge is -2.09. The van der Waals surface area contributed by atoms with E-state index >= 15 is 0 Å². The van der Waals surface area contributed by atoms with Gasteiger partial charge in [-0.2, -0.15) is 0 Å². The molecule has 1 heterocycles. The van der Waals surface area contributed by atoms with Gasteiger partial charge in [0.2, 0.25) is 5.88 Å². The summed E-state index contributed by atoms with van der Waals surface area (Å²) in [5.41, 5.74) is 2.45. The number of nitrogens with one attached hydrogen (secondary N) is 1. The molecule has 0 aliphatic carbocycles. The second-order valence-electron chi connectivity index (χ2n) is 5.12. The molecule has 0 aliphatic heterocycles. The van der Waals surface area contributed by atoms with Crippen molar-refractivity contribution in [3.63, 3.8) is 0 Å². The first-order valence-corrected chi connectivity index (χ1v) is 8.07. The molecule has 1 N–H and O–H groups in total. The van der Waals surface area contributed by atoms with E-state index in [9.17, 15) is 4.79 Å². The van der Waals surface area contributed by atoms with E-state index in [2.05, 4.69) is 15.5 Å².